The quantitative estimate of drug-likeness (QED) is 0.463. The van der Waals surface area contributed by atoms with Crippen LogP contribution in [0.3, 0.4) is 0 Å². The van der Waals surface area contributed by atoms with E-state index in [1.165, 1.54) is 5.56 Å². The summed E-state index contributed by atoms with van der Waals surface area (Å²) in [4.78, 5) is 26.0. The molecule has 1 aromatic carbocycles. The van der Waals surface area contributed by atoms with E-state index in [2.05, 4.69) is 26.0 Å². The van der Waals surface area contributed by atoms with Gasteiger partial charge in [0.25, 0.3) is 0 Å². The van der Waals surface area contributed by atoms with Crippen LogP contribution in [0, 0.1) is 28.6 Å². The van der Waals surface area contributed by atoms with E-state index in [4.69, 9.17) is 19.9 Å². The summed E-state index contributed by atoms with van der Waals surface area (Å²) in [6.07, 6.45) is 10.8. The van der Waals surface area contributed by atoms with Gasteiger partial charge in [-0.2, -0.15) is 0 Å². The SMILES string of the molecule is C[C@]12C=CC(=O)C=C1CC[C@@H]1[C@@H]2[C@@H](O)C[C@@]2(C)[C@H]1C[C@H]1O[C@@H](c3ccc(CC45CCC(N)(CC4)CO5)cc3)O[C@]12C(=O)CO. The maximum atomic E-state index is 13.8. The molecular formula is C36H45NO7. The molecule has 8 aliphatic rings. The van der Waals surface area contributed by atoms with E-state index in [0.29, 0.717) is 19.4 Å². The minimum absolute atomic E-state index is 0.00785. The molecule has 7 fully saturated rings. The predicted molar refractivity (Wildman–Crippen MR) is 161 cm³/mol. The van der Waals surface area contributed by atoms with E-state index < -0.39 is 41.5 Å². The van der Waals surface area contributed by atoms with E-state index in [0.717, 1.165) is 56.1 Å². The number of aliphatic hydroxyl groups is 2. The van der Waals surface area contributed by atoms with Gasteiger partial charge in [0.15, 0.2) is 23.5 Å². The summed E-state index contributed by atoms with van der Waals surface area (Å²) in [5.41, 5.74) is 6.78. The van der Waals surface area contributed by atoms with Gasteiger partial charge >= 0.3 is 0 Å². The fourth-order valence-corrected chi connectivity index (χ4v) is 11.0. The molecule has 8 heteroatoms. The Hall–Kier alpha value is -2.20. The molecule has 1 aromatic rings. The van der Waals surface area contributed by atoms with Crippen molar-refractivity contribution in [3.8, 4) is 0 Å². The fourth-order valence-electron chi connectivity index (χ4n) is 11.0. The number of carbonyl (C=O) groups is 2. The van der Waals surface area contributed by atoms with Crippen LogP contribution in [-0.2, 0) is 30.2 Å². The van der Waals surface area contributed by atoms with Gasteiger partial charge < -0.3 is 30.2 Å². The molecule has 9 atom stereocenters. The lowest BCUT2D eigenvalue weighted by atomic mass is 9.46. The Labute approximate surface area is 259 Å². The van der Waals surface area contributed by atoms with Crippen LogP contribution in [0.2, 0.25) is 0 Å². The highest BCUT2D eigenvalue weighted by molar-refractivity contribution is 6.01. The van der Waals surface area contributed by atoms with Gasteiger partial charge in [0.1, 0.15) is 6.61 Å². The number of allylic oxidation sites excluding steroid dienone is 4. The third-order valence-electron chi connectivity index (χ3n) is 13.4. The van der Waals surface area contributed by atoms with Crippen LogP contribution in [-0.4, -0.2) is 63.9 Å². The number of hydrogen-bond acceptors (Lipinski definition) is 8. The molecule has 9 rings (SSSR count). The van der Waals surface area contributed by atoms with Gasteiger partial charge in [-0.15, -0.1) is 0 Å². The van der Waals surface area contributed by atoms with Gasteiger partial charge in [-0.3, -0.25) is 9.59 Å². The zero-order chi connectivity index (χ0) is 30.7. The first kappa shape index (κ1) is 29.2. The second-order valence-electron chi connectivity index (χ2n) is 15.6. The van der Waals surface area contributed by atoms with Crippen molar-refractivity contribution in [2.24, 2.45) is 34.3 Å². The number of carbonyl (C=O) groups excluding carboxylic acids is 2. The number of benzene rings is 1. The first-order valence-corrected chi connectivity index (χ1v) is 16.6. The Kier molecular flexibility index (Phi) is 6.41. The second kappa shape index (κ2) is 9.66. The topological polar surface area (TPSA) is 128 Å². The first-order valence-electron chi connectivity index (χ1n) is 16.6. The lowest BCUT2D eigenvalue weighted by molar-refractivity contribution is -0.201. The van der Waals surface area contributed by atoms with Crippen molar-refractivity contribution in [3.05, 3.63) is 59.2 Å². The Morgan fingerprint density at radius 2 is 1.86 bits per heavy atom. The van der Waals surface area contributed by atoms with Crippen LogP contribution in [0.5, 0.6) is 0 Å². The summed E-state index contributed by atoms with van der Waals surface area (Å²) in [5, 5.41) is 22.1. The van der Waals surface area contributed by atoms with Crippen molar-refractivity contribution >= 4 is 11.6 Å². The summed E-state index contributed by atoms with van der Waals surface area (Å²) in [5.74, 6) is -0.223. The van der Waals surface area contributed by atoms with Crippen LogP contribution < -0.4 is 5.73 Å². The number of hydrogen-bond donors (Lipinski definition) is 3. The number of ketones is 2. The Balaban J connectivity index is 1.06. The molecule has 0 radical (unpaired) electrons. The van der Waals surface area contributed by atoms with Crippen molar-refractivity contribution in [2.75, 3.05) is 13.2 Å². The smallest absolute Gasteiger partial charge is 0.193 e. The molecule has 2 bridgehead atoms. The molecule has 5 aliphatic carbocycles. The third-order valence-corrected chi connectivity index (χ3v) is 13.4. The van der Waals surface area contributed by atoms with Gasteiger partial charge in [0.05, 0.1) is 24.4 Å². The predicted octanol–water partition coefficient (Wildman–Crippen LogP) is 3.87. The van der Waals surface area contributed by atoms with Crippen LogP contribution in [0.15, 0.2) is 48.1 Å². The van der Waals surface area contributed by atoms with Crippen LogP contribution in [0.4, 0.5) is 0 Å². The fraction of sp³-hybridized carbons (Fsp3) is 0.667. The highest BCUT2D eigenvalue weighted by Crippen LogP contribution is 2.70. The average molecular weight is 604 g/mol. The highest BCUT2D eigenvalue weighted by atomic mass is 16.7. The molecule has 3 saturated heterocycles. The molecule has 3 aliphatic heterocycles. The van der Waals surface area contributed by atoms with Crippen LogP contribution >= 0.6 is 0 Å². The summed E-state index contributed by atoms with van der Waals surface area (Å²) in [6.45, 7) is 4.19. The summed E-state index contributed by atoms with van der Waals surface area (Å²) >= 11 is 0. The lowest BCUT2D eigenvalue weighted by Gasteiger charge is -2.59. The van der Waals surface area contributed by atoms with Crippen molar-refractivity contribution in [2.45, 2.75) is 107 Å². The minimum Gasteiger partial charge on any atom is -0.393 e. The molecule has 0 amide bonds. The Morgan fingerprint density at radius 1 is 1.11 bits per heavy atom. The number of Topliss-reactive ketones (excluding diaryl/α,β-unsaturated/α-hetero) is 1. The minimum atomic E-state index is -1.34. The monoisotopic (exact) mass is 603 g/mol. The zero-order valence-electron chi connectivity index (χ0n) is 25.8. The number of fused-ring (bicyclic) bond motifs is 10. The van der Waals surface area contributed by atoms with Crippen LogP contribution in [0.25, 0.3) is 0 Å². The van der Waals surface area contributed by atoms with Gasteiger partial charge in [0.2, 0.25) is 0 Å². The second-order valence-corrected chi connectivity index (χ2v) is 15.6. The molecule has 4 N–H and O–H groups in total. The first-order chi connectivity index (χ1) is 20.9. The maximum absolute atomic E-state index is 13.8. The van der Waals surface area contributed by atoms with E-state index in [9.17, 15) is 19.8 Å². The molecule has 0 aromatic heterocycles. The molecule has 0 spiro atoms. The lowest BCUT2D eigenvalue weighted by Crippen LogP contribution is -2.63. The third kappa shape index (κ3) is 3.91. The molecule has 8 nitrogen and oxygen atoms in total. The number of aliphatic hydroxyl groups excluding tert-OH is 2. The Bertz CT molecular complexity index is 1430. The highest BCUT2D eigenvalue weighted by Gasteiger charge is 2.75. The summed E-state index contributed by atoms with van der Waals surface area (Å²) < 4.78 is 19.6. The summed E-state index contributed by atoms with van der Waals surface area (Å²) in [7, 11) is 0. The normalized spacial score (nSPS) is 48.8. The molecule has 236 valence electrons. The van der Waals surface area contributed by atoms with Crippen molar-refractivity contribution in [1.82, 2.24) is 0 Å². The van der Waals surface area contributed by atoms with Crippen LogP contribution in [0.1, 0.15) is 82.6 Å². The molecule has 0 unspecified atom stereocenters. The van der Waals surface area contributed by atoms with Crippen molar-refractivity contribution < 1.29 is 34.0 Å². The van der Waals surface area contributed by atoms with E-state index in [1.807, 2.05) is 18.2 Å². The van der Waals surface area contributed by atoms with Gasteiger partial charge in [-0.05, 0) is 80.9 Å². The summed E-state index contributed by atoms with van der Waals surface area (Å²) in [6, 6.07) is 8.24. The molecule has 4 saturated carbocycles. The molecule has 3 heterocycles. The van der Waals surface area contributed by atoms with E-state index in [1.54, 1.807) is 12.2 Å². The largest absolute Gasteiger partial charge is 0.393 e. The van der Waals surface area contributed by atoms with Gasteiger partial charge in [-0.25, -0.2) is 0 Å². The maximum Gasteiger partial charge on any atom is 0.193 e. The van der Waals surface area contributed by atoms with Gasteiger partial charge in [0, 0.05) is 34.3 Å². The average Bonchev–Trinajstić information content (AvgIpc) is 3.51. The van der Waals surface area contributed by atoms with E-state index >= 15 is 0 Å². The van der Waals surface area contributed by atoms with Crippen molar-refractivity contribution in [3.63, 3.8) is 0 Å². The number of ether oxygens (including phenoxy) is 3. The molecular weight excluding hydrogens is 558 g/mol. The van der Waals surface area contributed by atoms with Gasteiger partial charge in [-0.1, -0.05) is 49.8 Å². The standard InChI is InChI=1S/C36H45NO7/c1-32-10-9-24(39)15-23(32)7-8-25-26-16-29-36(28(41)19-38,33(26,2)18-27(40)30(25)32)44-31(43-29)22-5-3-21(4-6-22)17-35-13-11-34(37,12-14-35)20-42-35/h3-6,9-10,15,25-27,29-31,38,40H,7-8,11-14,16-20,37H2,1-2H3/t25-,26-,27-,29+,30+,31+,32-,33-,34?,35?,36+/m0/s1. The number of nitrogens with two attached hydrogens (primary N) is 1. The molecule has 44 heavy (non-hydrogen) atoms. The Morgan fingerprint density at radius 3 is 2.55 bits per heavy atom. The van der Waals surface area contributed by atoms with Crippen molar-refractivity contribution in [1.29, 1.82) is 0 Å². The number of rotatable bonds is 5. The zero-order valence-corrected chi connectivity index (χ0v) is 25.8. The van der Waals surface area contributed by atoms with E-state index in [-0.39, 0.29) is 40.5 Å².